The Morgan fingerprint density at radius 2 is 1.96 bits per heavy atom. The maximum Gasteiger partial charge on any atom is 0.224 e. The number of aromatic hydroxyl groups is 1. The fourth-order valence-electron chi connectivity index (χ4n) is 2.31. The summed E-state index contributed by atoms with van der Waals surface area (Å²) >= 11 is 4.21. The van der Waals surface area contributed by atoms with E-state index in [0.29, 0.717) is 11.7 Å². The largest absolute Gasteiger partial charge is 0.506 e. The second-order valence-corrected chi connectivity index (χ2v) is 7.20. The number of imidazole rings is 1. The van der Waals surface area contributed by atoms with E-state index in [4.69, 9.17) is 0 Å². The summed E-state index contributed by atoms with van der Waals surface area (Å²) in [6.45, 7) is 2.89. The van der Waals surface area contributed by atoms with Crippen LogP contribution in [0, 0.1) is 7.14 Å². The number of rotatable bonds is 4. The molecule has 7 heteroatoms. The van der Waals surface area contributed by atoms with Crippen LogP contribution in [0.5, 0.6) is 5.75 Å². The molecule has 0 atom stereocenters. The molecule has 0 unspecified atom stereocenters. The van der Waals surface area contributed by atoms with Gasteiger partial charge in [-0.1, -0.05) is 12.1 Å². The highest BCUT2D eigenvalue weighted by molar-refractivity contribution is 14.1. The molecule has 3 rings (SSSR count). The van der Waals surface area contributed by atoms with Gasteiger partial charge in [0.2, 0.25) is 5.95 Å². The average molecular weight is 532 g/mol. The Hall–Kier alpha value is -1.36. The number of para-hydroxylation sites is 2. The van der Waals surface area contributed by atoms with E-state index in [2.05, 4.69) is 72.2 Å². The minimum absolute atomic E-state index is 0.309. The van der Waals surface area contributed by atoms with Crippen LogP contribution in [0.1, 0.15) is 12.5 Å². The van der Waals surface area contributed by atoms with Crippen LogP contribution in [0.25, 0.3) is 11.0 Å². The van der Waals surface area contributed by atoms with Crippen LogP contribution in [-0.2, 0) is 6.54 Å². The lowest BCUT2D eigenvalue weighted by atomic mass is 10.2. The first-order chi connectivity index (χ1) is 11.1. The number of phenols is 1. The van der Waals surface area contributed by atoms with Crippen LogP contribution in [0.15, 0.2) is 41.5 Å². The van der Waals surface area contributed by atoms with Gasteiger partial charge in [-0.25, -0.2) is 10.4 Å². The van der Waals surface area contributed by atoms with Crippen molar-refractivity contribution in [2.45, 2.75) is 13.5 Å². The summed E-state index contributed by atoms with van der Waals surface area (Å²) < 4.78 is 3.69. The Labute approximate surface area is 161 Å². The van der Waals surface area contributed by atoms with E-state index >= 15 is 0 Å². The van der Waals surface area contributed by atoms with Gasteiger partial charge in [-0.05, 0) is 81.9 Å². The molecule has 0 radical (unpaired) electrons. The number of benzene rings is 2. The lowest BCUT2D eigenvalue weighted by Crippen LogP contribution is -2.02. The molecule has 0 saturated carbocycles. The first-order valence-electron chi connectivity index (χ1n) is 7.02. The van der Waals surface area contributed by atoms with Gasteiger partial charge < -0.3 is 9.67 Å². The topological polar surface area (TPSA) is 62.4 Å². The van der Waals surface area contributed by atoms with E-state index in [-0.39, 0.29) is 0 Å². The molecule has 1 heterocycles. The van der Waals surface area contributed by atoms with Gasteiger partial charge in [0.05, 0.1) is 24.4 Å². The fraction of sp³-hybridized carbons (Fsp3) is 0.125. The molecule has 0 fully saturated rings. The molecule has 0 bridgehead atoms. The summed E-state index contributed by atoms with van der Waals surface area (Å²) in [6.07, 6.45) is 1.73. The molecule has 2 N–H and O–H groups in total. The Kier molecular flexibility index (Phi) is 5.05. The number of hydrazone groups is 1. The van der Waals surface area contributed by atoms with Gasteiger partial charge in [0, 0.05) is 6.54 Å². The summed E-state index contributed by atoms with van der Waals surface area (Å²) in [4.78, 5) is 4.56. The van der Waals surface area contributed by atoms with Crippen molar-refractivity contribution in [1.82, 2.24) is 9.55 Å². The Morgan fingerprint density at radius 3 is 2.65 bits per heavy atom. The van der Waals surface area contributed by atoms with E-state index < -0.39 is 0 Å². The highest BCUT2D eigenvalue weighted by atomic mass is 127. The fourth-order valence-corrected chi connectivity index (χ4v) is 4.12. The van der Waals surface area contributed by atoms with Crippen molar-refractivity contribution in [3.8, 4) is 5.75 Å². The summed E-state index contributed by atoms with van der Waals surface area (Å²) in [6, 6.07) is 11.8. The zero-order valence-corrected chi connectivity index (χ0v) is 16.6. The predicted molar refractivity (Wildman–Crippen MR) is 110 cm³/mol. The minimum atomic E-state index is 0.309. The van der Waals surface area contributed by atoms with Gasteiger partial charge in [0.1, 0.15) is 5.75 Å². The van der Waals surface area contributed by atoms with E-state index in [1.54, 1.807) is 6.21 Å². The van der Waals surface area contributed by atoms with Crippen LogP contribution >= 0.6 is 45.2 Å². The molecule has 0 aliphatic heterocycles. The number of hydrogen-bond acceptors (Lipinski definition) is 4. The molecule has 0 aliphatic rings. The average Bonchev–Trinajstić information content (AvgIpc) is 2.90. The summed E-state index contributed by atoms with van der Waals surface area (Å²) in [5.74, 6) is 1.03. The molecule has 1 aromatic heterocycles. The predicted octanol–water partition coefficient (Wildman–Crippen LogP) is 4.42. The van der Waals surface area contributed by atoms with Crippen LogP contribution in [0.3, 0.4) is 0 Å². The maximum atomic E-state index is 9.79. The van der Waals surface area contributed by atoms with Crippen molar-refractivity contribution < 1.29 is 5.11 Å². The number of nitrogens with one attached hydrogen (secondary N) is 1. The van der Waals surface area contributed by atoms with Crippen molar-refractivity contribution in [1.29, 1.82) is 0 Å². The molecule has 3 aromatic rings. The monoisotopic (exact) mass is 532 g/mol. The second kappa shape index (κ2) is 7.04. The summed E-state index contributed by atoms with van der Waals surface area (Å²) in [5.41, 5.74) is 5.96. The van der Waals surface area contributed by atoms with Crippen molar-refractivity contribution in [2.75, 3.05) is 5.43 Å². The molecule has 0 amide bonds. The molecule has 5 nitrogen and oxygen atoms in total. The molecule has 23 heavy (non-hydrogen) atoms. The Bertz CT molecular complexity index is 866. The normalized spacial score (nSPS) is 11.4. The lowest BCUT2D eigenvalue weighted by Gasteiger charge is -2.05. The van der Waals surface area contributed by atoms with E-state index in [1.165, 1.54) is 0 Å². The zero-order chi connectivity index (χ0) is 16.4. The third-order valence-electron chi connectivity index (χ3n) is 3.39. The highest BCUT2D eigenvalue weighted by Crippen LogP contribution is 2.26. The van der Waals surface area contributed by atoms with E-state index in [0.717, 1.165) is 30.3 Å². The standard InChI is InChI=1S/C16H14I2N4O/c1-2-22-14-6-4-3-5-13(14)20-16(22)21-19-9-10-7-11(17)15(23)12(18)8-10/h3-9,23H,2H2,1H3,(H,20,21)/b19-9-. The third kappa shape index (κ3) is 3.44. The molecule has 2 aromatic carbocycles. The van der Waals surface area contributed by atoms with Crippen LogP contribution in [0.4, 0.5) is 5.95 Å². The van der Waals surface area contributed by atoms with Crippen molar-refractivity contribution in [2.24, 2.45) is 5.10 Å². The number of halogens is 2. The van der Waals surface area contributed by atoms with Gasteiger partial charge in [-0.3, -0.25) is 0 Å². The van der Waals surface area contributed by atoms with Crippen LogP contribution in [-0.4, -0.2) is 20.9 Å². The van der Waals surface area contributed by atoms with Gasteiger partial charge >= 0.3 is 0 Å². The van der Waals surface area contributed by atoms with Crippen molar-refractivity contribution in [3.05, 3.63) is 49.1 Å². The van der Waals surface area contributed by atoms with Crippen molar-refractivity contribution in [3.63, 3.8) is 0 Å². The van der Waals surface area contributed by atoms with E-state index in [1.807, 2.05) is 36.4 Å². The number of aryl methyl sites for hydroxylation is 1. The first kappa shape index (κ1) is 16.5. The van der Waals surface area contributed by atoms with Gasteiger partial charge in [-0.2, -0.15) is 5.10 Å². The van der Waals surface area contributed by atoms with Gasteiger partial charge in [0.15, 0.2) is 0 Å². The number of phenolic OH excluding ortho intramolecular Hbond substituents is 1. The summed E-state index contributed by atoms with van der Waals surface area (Å²) in [5, 5.41) is 14.1. The number of aromatic nitrogens is 2. The number of anilines is 1. The lowest BCUT2D eigenvalue weighted by molar-refractivity contribution is 0.467. The third-order valence-corrected chi connectivity index (χ3v) is 5.03. The molecule has 0 saturated heterocycles. The molecular weight excluding hydrogens is 518 g/mol. The number of fused-ring (bicyclic) bond motifs is 1. The van der Waals surface area contributed by atoms with Crippen LogP contribution in [0.2, 0.25) is 0 Å². The SMILES string of the molecule is CCn1c(N/N=C\c2cc(I)c(O)c(I)c2)nc2ccccc21. The molecule has 0 aliphatic carbocycles. The smallest absolute Gasteiger partial charge is 0.224 e. The quantitative estimate of drug-likeness (QED) is 0.298. The zero-order valence-electron chi connectivity index (χ0n) is 12.3. The second-order valence-electron chi connectivity index (χ2n) is 4.87. The van der Waals surface area contributed by atoms with Crippen LogP contribution < -0.4 is 5.43 Å². The molecular formula is C16H14I2N4O. The van der Waals surface area contributed by atoms with Gasteiger partial charge in [-0.15, -0.1) is 0 Å². The number of nitrogens with zero attached hydrogens (tertiary/aromatic N) is 3. The molecule has 118 valence electrons. The molecule has 0 spiro atoms. The first-order valence-corrected chi connectivity index (χ1v) is 9.18. The minimum Gasteiger partial charge on any atom is -0.506 e. The Morgan fingerprint density at radius 1 is 1.26 bits per heavy atom. The van der Waals surface area contributed by atoms with E-state index in [9.17, 15) is 5.11 Å². The van der Waals surface area contributed by atoms with Crippen molar-refractivity contribution >= 4 is 68.4 Å². The summed E-state index contributed by atoms with van der Waals surface area (Å²) in [7, 11) is 0. The number of hydrogen-bond donors (Lipinski definition) is 2. The van der Waals surface area contributed by atoms with Gasteiger partial charge in [0.25, 0.3) is 0 Å². The maximum absolute atomic E-state index is 9.79. The highest BCUT2D eigenvalue weighted by Gasteiger charge is 2.08. The Balaban J connectivity index is 1.86.